The van der Waals surface area contributed by atoms with Crippen molar-refractivity contribution in [2.45, 2.75) is 23.8 Å². The quantitative estimate of drug-likeness (QED) is 0.484. The molecule has 0 aliphatic heterocycles. The molecule has 152 valence electrons. The first kappa shape index (κ1) is 20.7. The lowest BCUT2D eigenvalue weighted by Gasteiger charge is -2.10. The third-order valence-corrected chi connectivity index (χ3v) is 5.17. The average molecular weight is 414 g/mol. The van der Waals surface area contributed by atoms with E-state index < -0.39 is 5.97 Å². The van der Waals surface area contributed by atoms with Crippen molar-refractivity contribution in [2.24, 2.45) is 0 Å². The van der Waals surface area contributed by atoms with Crippen LogP contribution in [0, 0.1) is 0 Å². The van der Waals surface area contributed by atoms with Gasteiger partial charge in [0.2, 0.25) is 5.91 Å². The van der Waals surface area contributed by atoms with E-state index in [2.05, 4.69) is 10.6 Å². The Balaban J connectivity index is 1.53. The highest BCUT2D eigenvalue weighted by atomic mass is 32.2. The molecule has 7 nitrogen and oxygen atoms in total. The molecule has 1 saturated carbocycles. The predicted octanol–water partition coefficient (Wildman–Crippen LogP) is 2.86. The molecule has 1 fully saturated rings. The van der Waals surface area contributed by atoms with Crippen LogP contribution in [0.5, 0.6) is 5.75 Å². The number of benzene rings is 2. The largest absolute Gasteiger partial charge is 0.497 e. The zero-order chi connectivity index (χ0) is 20.6. The van der Waals surface area contributed by atoms with Crippen molar-refractivity contribution in [2.75, 3.05) is 24.8 Å². The molecule has 0 atom stereocenters. The predicted molar refractivity (Wildman–Crippen MR) is 110 cm³/mol. The lowest BCUT2D eigenvalue weighted by Crippen LogP contribution is -2.30. The van der Waals surface area contributed by atoms with E-state index in [1.54, 1.807) is 55.6 Å². The molecule has 0 saturated heterocycles. The standard InChI is InChI=1S/C21H22N2O5S/c1-27-16-6-4-5-15(11-16)23-20(25)13-29-18-8-3-2-7-17(18)21(26)28-12-19(24)22-14-9-10-14/h2-8,11,14H,9-10,12-13H2,1H3,(H,22,24)(H,23,25). The van der Waals surface area contributed by atoms with Gasteiger partial charge in [-0.1, -0.05) is 18.2 Å². The van der Waals surface area contributed by atoms with Crippen LogP contribution in [0.25, 0.3) is 0 Å². The monoisotopic (exact) mass is 414 g/mol. The Kier molecular flexibility index (Phi) is 7.13. The Labute approximate surface area is 173 Å². The van der Waals surface area contributed by atoms with E-state index in [-0.39, 0.29) is 30.2 Å². The Hall–Kier alpha value is -3.00. The molecule has 1 aliphatic rings. The fourth-order valence-electron chi connectivity index (χ4n) is 2.51. The van der Waals surface area contributed by atoms with E-state index in [9.17, 15) is 14.4 Å². The summed E-state index contributed by atoms with van der Waals surface area (Å²) in [5.74, 6) is -0.343. The number of carbonyl (C=O) groups excluding carboxylic acids is 3. The maximum Gasteiger partial charge on any atom is 0.339 e. The van der Waals surface area contributed by atoms with Gasteiger partial charge in [-0.2, -0.15) is 0 Å². The van der Waals surface area contributed by atoms with Gasteiger partial charge in [-0.25, -0.2) is 4.79 Å². The molecule has 1 aliphatic carbocycles. The number of thioether (sulfide) groups is 1. The van der Waals surface area contributed by atoms with Gasteiger partial charge in [-0.05, 0) is 37.1 Å². The van der Waals surface area contributed by atoms with Crippen molar-refractivity contribution in [1.29, 1.82) is 0 Å². The van der Waals surface area contributed by atoms with E-state index in [1.165, 1.54) is 11.8 Å². The molecule has 8 heteroatoms. The van der Waals surface area contributed by atoms with E-state index in [0.717, 1.165) is 12.8 Å². The first-order chi connectivity index (χ1) is 14.0. The molecule has 0 radical (unpaired) electrons. The van der Waals surface area contributed by atoms with Crippen LogP contribution in [0.2, 0.25) is 0 Å². The summed E-state index contributed by atoms with van der Waals surface area (Å²) in [5, 5.41) is 5.55. The van der Waals surface area contributed by atoms with Gasteiger partial charge in [0.05, 0.1) is 18.4 Å². The highest BCUT2D eigenvalue weighted by molar-refractivity contribution is 8.00. The van der Waals surface area contributed by atoms with Gasteiger partial charge in [0.1, 0.15) is 5.75 Å². The van der Waals surface area contributed by atoms with Crippen LogP contribution in [-0.2, 0) is 14.3 Å². The van der Waals surface area contributed by atoms with Crippen molar-refractivity contribution >= 4 is 35.2 Å². The molecule has 2 aromatic rings. The van der Waals surface area contributed by atoms with Crippen LogP contribution < -0.4 is 15.4 Å². The van der Waals surface area contributed by atoms with Crippen molar-refractivity contribution in [1.82, 2.24) is 5.32 Å². The molecular formula is C21H22N2O5S. The van der Waals surface area contributed by atoms with Crippen LogP contribution >= 0.6 is 11.8 Å². The molecule has 29 heavy (non-hydrogen) atoms. The minimum atomic E-state index is -0.591. The summed E-state index contributed by atoms with van der Waals surface area (Å²) >= 11 is 1.22. The van der Waals surface area contributed by atoms with Crippen LogP contribution in [0.4, 0.5) is 5.69 Å². The molecule has 0 unspecified atom stereocenters. The van der Waals surface area contributed by atoms with Crippen LogP contribution in [-0.4, -0.2) is 43.3 Å². The number of rotatable bonds is 9. The highest BCUT2D eigenvalue weighted by Gasteiger charge is 2.24. The number of anilines is 1. The maximum absolute atomic E-state index is 12.3. The second kappa shape index (κ2) is 9.97. The number of methoxy groups -OCH3 is 1. The number of esters is 1. The van der Waals surface area contributed by atoms with Crippen molar-refractivity contribution < 1.29 is 23.9 Å². The maximum atomic E-state index is 12.3. The number of carbonyl (C=O) groups is 3. The first-order valence-electron chi connectivity index (χ1n) is 9.17. The van der Waals surface area contributed by atoms with E-state index >= 15 is 0 Å². The summed E-state index contributed by atoms with van der Waals surface area (Å²) in [6.45, 7) is -0.315. The molecule has 0 heterocycles. The van der Waals surface area contributed by atoms with Gasteiger partial charge in [0.15, 0.2) is 6.61 Å². The van der Waals surface area contributed by atoms with Crippen molar-refractivity contribution in [3.8, 4) is 5.75 Å². The first-order valence-corrected chi connectivity index (χ1v) is 10.2. The number of hydrogen-bond acceptors (Lipinski definition) is 6. The summed E-state index contributed by atoms with van der Waals surface area (Å²) in [6.07, 6.45) is 1.94. The Bertz CT molecular complexity index is 898. The lowest BCUT2D eigenvalue weighted by atomic mass is 10.2. The second-order valence-electron chi connectivity index (χ2n) is 6.48. The zero-order valence-corrected chi connectivity index (χ0v) is 16.8. The molecule has 0 bridgehead atoms. The molecule has 0 aromatic heterocycles. The SMILES string of the molecule is COc1cccc(NC(=O)CSc2ccccc2C(=O)OCC(=O)NC2CC2)c1. The molecule has 2 amide bonds. The van der Waals surface area contributed by atoms with Gasteiger partial charge < -0.3 is 20.1 Å². The number of amides is 2. The van der Waals surface area contributed by atoms with Crippen LogP contribution in [0.1, 0.15) is 23.2 Å². The van der Waals surface area contributed by atoms with Crippen molar-refractivity contribution in [3.63, 3.8) is 0 Å². The number of ether oxygens (including phenoxy) is 2. The summed E-state index contributed by atoms with van der Waals surface area (Å²) < 4.78 is 10.2. The molecule has 0 spiro atoms. The smallest absolute Gasteiger partial charge is 0.339 e. The van der Waals surface area contributed by atoms with Crippen molar-refractivity contribution in [3.05, 3.63) is 54.1 Å². The van der Waals surface area contributed by atoms with Gasteiger partial charge >= 0.3 is 5.97 Å². The second-order valence-corrected chi connectivity index (χ2v) is 7.50. The fourth-order valence-corrected chi connectivity index (χ4v) is 3.35. The van der Waals surface area contributed by atoms with Crippen LogP contribution in [0.15, 0.2) is 53.4 Å². The summed E-state index contributed by atoms with van der Waals surface area (Å²) in [6, 6.07) is 14.1. The lowest BCUT2D eigenvalue weighted by molar-refractivity contribution is -0.124. The average Bonchev–Trinajstić information content (AvgIpc) is 3.54. The summed E-state index contributed by atoms with van der Waals surface area (Å²) in [5.41, 5.74) is 0.954. The minimum absolute atomic E-state index is 0.115. The number of nitrogens with one attached hydrogen (secondary N) is 2. The Morgan fingerprint density at radius 3 is 2.62 bits per heavy atom. The van der Waals surface area contributed by atoms with Gasteiger partial charge in [-0.3, -0.25) is 9.59 Å². The normalized spacial score (nSPS) is 12.7. The van der Waals surface area contributed by atoms with Gasteiger partial charge in [-0.15, -0.1) is 11.8 Å². The fraction of sp³-hybridized carbons (Fsp3) is 0.286. The molecular weight excluding hydrogens is 392 g/mol. The molecule has 2 N–H and O–H groups in total. The third kappa shape index (κ3) is 6.53. The Morgan fingerprint density at radius 2 is 1.86 bits per heavy atom. The molecule has 2 aromatic carbocycles. The third-order valence-electron chi connectivity index (χ3n) is 4.10. The van der Waals surface area contributed by atoms with E-state index in [0.29, 0.717) is 21.9 Å². The molecule has 3 rings (SSSR count). The summed E-state index contributed by atoms with van der Waals surface area (Å²) in [7, 11) is 1.56. The minimum Gasteiger partial charge on any atom is -0.497 e. The topological polar surface area (TPSA) is 93.7 Å². The van der Waals surface area contributed by atoms with E-state index in [4.69, 9.17) is 9.47 Å². The van der Waals surface area contributed by atoms with Gasteiger partial charge in [0, 0.05) is 22.7 Å². The van der Waals surface area contributed by atoms with Crippen LogP contribution in [0.3, 0.4) is 0 Å². The number of hydrogen-bond donors (Lipinski definition) is 2. The summed E-state index contributed by atoms with van der Waals surface area (Å²) in [4.78, 5) is 36.9. The van der Waals surface area contributed by atoms with Gasteiger partial charge in [0.25, 0.3) is 5.91 Å². The Morgan fingerprint density at radius 1 is 1.07 bits per heavy atom. The zero-order valence-electron chi connectivity index (χ0n) is 16.0. The highest BCUT2D eigenvalue weighted by Crippen LogP contribution is 2.24. The van der Waals surface area contributed by atoms with E-state index in [1.807, 2.05) is 0 Å².